The number of pyridine rings is 1. The Balaban J connectivity index is 0.000000147. The minimum Gasteiger partial charge on any atom is -0.435 e. The topological polar surface area (TPSA) is 86.9 Å². The van der Waals surface area contributed by atoms with Gasteiger partial charge in [0.15, 0.2) is 0 Å². The quantitative estimate of drug-likeness (QED) is 0.446. The first-order valence-electron chi connectivity index (χ1n) is 10.2. The highest BCUT2D eigenvalue weighted by Gasteiger charge is 2.06. The van der Waals surface area contributed by atoms with Gasteiger partial charge in [-0.3, -0.25) is 9.89 Å². The van der Waals surface area contributed by atoms with Crippen molar-refractivity contribution in [3.63, 3.8) is 0 Å². The van der Waals surface area contributed by atoms with Crippen LogP contribution in [-0.2, 0) is 4.79 Å². The molecule has 0 aliphatic carbocycles. The van der Waals surface area contributed by atoms with Crippen LogP contribution in [0, 0.1) is 6.92 Å². The zero-order valence-electron chi connectivity index (χ0n) is 17.7. The SMILES string of the molecule is Cc1cc2ccc(-c3cn[nH]c3)nc2[nH]1.FC(F)Oc1ccccc1.O=CN1CCCC1. The van der Waals surface area contributed by atoms with E-state index >= 15 is 0 Å². The van der Waals surface area contributed by atoms with Gasteiger partial charge < -0.3 is 14.6 Å². The van der Waals surface area contributed by atoms with E-state index in [0.717, 1.165) is 47.5 Å². The molecule has 168 valence electrons. The number of carbonyl (C=O) groups is 1. The van der Waals surface area contributed by atoms with Crippen molar-refractivity contribution < 1.29 is 18.3 Å². The van der Waals surface area contributed by atoms with Crippen molar-refractivity contribution >= 4 is 17.4 Å². The molecule has 1 aliphatic rings. The fourth-order valence-corrected chi connectivity index (χ4v) is 3.14. The van der Waals surface area contributed by atoms with Crippen LogP contribution >= 0.6 is 0 Å². The van der Waals surface area contributed by atoms with Gasteiger partial charge in [0.25, 0.3) is 0 Å². The van der Waals surface area contributed by atoms with Crippen molar-refractivity contribution in [3.8, 4) is 17.0 Å². The van der Waals surface area contributed by atoms with Crippen molar-refractivity contribution in [2.75, 3.05) is 13.1 Å². The minimum absolute atomic E-state index is 0.192. The minimum atomic E-state index is -2.73. The van der Waals surface area contributed by atoms with Gasteiger partial charge in [-0.2, -0.15) is 13.9 Å². The van der Waals surface area contributed by atoms with E-state index in [2.05, 4.69) is 37.0 Å². The summed E-state index contributed by atoms with van der Waals surface area (Å²) in [6.07, 6.45) is 6.92. The van der Waals surface area contributed by atoms with E-state index in [1.165, 1.54) is 25.0 Å². The van der Waals surface area contributed by atoms with E-state index in [0.29, 0.717) is 0 Å². The maximum atomic E-state index is 11.5. The molecule has 1 saturated heterocycles. The molecule has 4 heterocycles. The number of alkyl halides is 2. The number of fused-ring (bicyclic) bond motifs is 1. The number of para-hydroxylation sites is 1. The summed E-state index contributed by atoms with van der Waals surface area (Å²) in [5.74, 6) is 0.192. The molecule has 0 saturated carbocycles. The second-order valence-corrected chi connectivity index (χ2v) is 7.11. The molecule has 3 aromatic heterocycles. The summed E-state index contributed by atoms with van der Waals surface area (Å²) in [7, 11) is 0. The van der Waals surface area contributed by atoms with E-state index in [-0.39, 0.29) is 5.75 Å². The number of halogens is 2. The molecule has 0 radical (unpaired) electrons. The molecule has 32 heavy (non-hydrogen) atoms. The summed E-state index contributed by atoms with van der Waals surface area (Å²) in [5.41, 5.74) is 3.98. The Kier molecular flexibility index (Phi) is 8.30. The number of H-pyrrole nitrogens is 2. The second-order valence-electron chi connectivity index (χ2n) is 7.11. The van der Waals surface area contributed by atoms with Crippen LogP contribution in [0.15, 0.2) is 60.9 Å². The number of likely N-dealkylation sites (tertiary alicyclic amines) is 1. The Morgan fingerprint density at radius 3 is 2.47 bits per heavy atom. The lowest BCUT2D eigenvalue weighted by atomic mass is 10.2. The number of aryl methyl sites for hydroxylation is 1. The van der Waals surface area contributed by atoms with Crippen LogP contribution in [0.2, 0.25) is 0 Å². The van der Waals surface area contributed by atoms with Gasteiger partial charge in [0.05, 0.1) is 11.9 Å². The summed E-state index contributed by atoms with van der Waals surface area (Å²) in [6.45, 7) is 1.24. The van der Waals surface area contributed by atoms with E-state index < -0.39 is 6.61 Å². The average Bonchev–Trinajstić information content (AvgIpc) is 3.55. The largest absolute Gasteiger partial charge is 0.435 e. The van der Waals surface area contributed by atoms with Crippen LogP contribution in [0.5, 0.6) is 5.75 Å². The molecule has 0 unspecified atom stereocenters. The van der Waals surface area contributed by atoms with Crippen LogP contribution in [0.25, 0.3) is 22.3 Å². The number of benzene rings is 1. The number of rotatable bonds is 4. The van der Waals surface area contributed by atoms with Gasteiger partial charge in [-0.05, 0) is 50.1 Å². The standard InChI is InChI=1S/C11H10N4.C7H6F2O.C5H9NO/c1-7-4-8-2-3-10(15-11(8)14-7)9-5-12-13-6-9;8-7(9)10-6-4-2-1-3-5-6;7-5-6-3-1-2-4-6/h2-6H,1H3,(H,12,13)(H,14,15);1-5,7H;5H,1-4H2. The third-order valence-corrected chi connectivity index (χ3v) is 4.67. The van der Waals surface area contributed by atoms with Crippen molar-refractivity contribution in [3.05, 3.63) is 66.6 Å². The highest BCUT2D eigenvalue weighted by molar-refractivity contribution is 5.79. The van der Waals surface area contributed by atoms with Gasteiger partial charge in [-0.15, -0.1) is 0 Å². The molecule has 4 aromatic rings. The van der Waals surface area contributed by atoms with Crippen LogP contribution in [0.1, 0.15) is 18.5 Å². The predicted molar refractivity (Wildman–Crippen MR) is 118 cm³/mol. The lowest BCUT2D eigenvalue weighted by Crippen LogP contribution is -2.15. The Morgan fingerprint density at radius 1 is 1.12 bits per heavy atom. The number of carbonyl (C=O) groups excluding carboxylic acids is 1. The zero-order chi connectivity index (χ0) is 22.8. The molecule has 1 aliphatic heterocycles. The summed E-state index contributed by atoms with van der Waals surface area (Å²) < 4.78 is 27.1. The number of nitrogens with zero attached hydrogens (tertiary/aromatic N) is 3. The Hall–Kier alpha value is -3.75. The highest BCUT2D eigenvalue weighted by atomic mass is 19.3. The smallest absolute Gasteiger partial charge is 0.387 e. The highest BCUT2D eigenvalue weighted by Crippen LogP contribution is 2.20. The fraction of sp³-hybridized carbons (Fsp3) is 0.261. The first-order valence-corrected chi connectivity index (χ1v) is 10.2. The van der Waals surface area contributed by atoms with Gasteiger partial charge in [0, 0.05) is 35.9 Å². The number of nitrogens with one attached hydrogen (secondary N) is 2. The number of hydrogen-bond donors (Lipinski definition) is 2. The normalized spacial score (nSPS) is 12.7. The van der Waals surface area contributed by atoms with E-state index in [1.807, 2.05) is 19.2 Å². The maximum absolute atomic E-state index is 11.5. The lowest BCUT2D eigenvalue weighted by molar-refractivity contribution is -0.117. The maximum Gasteiger partial charge on any atom is 0.387 e. The third-order valence-electron chi connectivity index (χ3n) is 4.67. The molecule has 0 atom stereocenters. The van der Waals surface area contributed by atoms with Crippen molar-refractivity contribution in [1.82, 2.24) is 25.1 Å². The van der Waals surface area contributed by atoms with Gasteiger partial charge in [0.1, 0.15) is 11.4 Å². The van der Waals surface area contributed by atoms with Crippen molar-refractivity contribution in [1.29, 1.82) is 0 Å². The summed E-state index contributed by atoms with van der Waals surface area (Å²) in [5, 5.41) is 7.83. The summed E-state index contributed by atoms with van der Waals surface area (Å²) in [6, 6.07) is 14.1. The molecule has 7 nitrogen and oxygen atoms in total. The molecule has 1 amide bonds. The first-order chi connectivity index (χ1) is 15.5. The Labute approximate surface area is 184 Å². The van der Waals surface area contributed by atoms with Gasteiger partial charge in [-0.1, -0.05) is 18.2 Å². The average molecular weight is 441 g/mol. The summed E-state index contributed by atoms with van der Waals surface area (Å²) >= 11 is 0. The lowest BCUT2D eigenvalue weighted by Gasteiger charge is -2.03. The molecule has 9 heteroatoms. The Bertz CT molecular complexity index is 1080. The number of hydrogen-bond acceptors (Lipinski definition) is 4. The van der Waals surface area contributed by atoms with Gasteiger partial charge in [0.2, 0.25) is 6.41 Å². The van der Waals surface area contributed by atoms with Gasteiger partial charge >= 0.3 is 6.61 Å². The van der Waals surface area contributed by atoms with Crippen LogP contribution in [0.4, 0.5) is 8.78 Å². The number of amides is 1. The zero-order valence-corrected chi connectivity index (χ0v) is 17.7. The third kappa shape index (κ3) is 6.90. The second kappa shape index (κ2) is 11.6. The van der Waals surface area contributed by atoms with Crippen LogP contribution < -0.4 is 4.74 Å². The monoisotopic (exact) mass is 441 g/mol. The molecule has 0 spiro atoms. The first kappa shape index (κ1) is 22.9. The number of ether oxygens (including phenoxy) is 1. The fourth-order valence-electron chi connectivity index (χ4n) is 3.14. The molecule has 1 aromatic carbocycles. The molecular weight excluding hydrogens is 416 g/mol. The van der Waals surface area contributed by atoms with E-state index in [4.69, 9.17) is 0 Å². The molecule has 1 fully saturated rings. The Morgan fingerprint density at radius 2 is 1.88 bits per heavy atom. The van der Waals surface area contributed by atoms with Crippen LogP contribution in [0.3, 0.4) is 0 Å². The number of aromatic amines is 2. The number of aromatic nitrogens is 4. The molecule has 5 rings (SSSR count). The van der Waals surface area contributed by atoms with Crippen molar-refractivity contribution in [2.24, 2.45) is 0 Å². The van der Waals surface area contributed by atoms with Gasteiger partial charge in [-0.25, -0.2) is 4.98 Å². The van der Waals surface area contributed by atoms with E-state index in [9.17, 15) is 13.6 Å². The van der Waals surface area contributed by atoms with E-state index in [1.54, 1.807) is 29.3 Å². The predicted octanol–water partition coefficient (Wildman–Crippen LogP) is 4.79. The molecule has 2 N–H and O–H groups in total. The molecular formula is C23H25F2N5O2. The molecule has 0 bridgehead atoms. The van der Waals surface area contributed by atoms with Crippen molar-refractivity contribution in [2.45, 2.75) is 26.4 Å². The summed E-state index contributed by atoms with van der Waals surface area (Å²) in [4.78, 5) is 19.5. The van der Waals surface area contributed by atoms with Crippen LogP contribution in [-0.4, -0.2) is 51.2 Å².